The van der Waals surface area contributed by atoms with Gasteiger partial charge in [0.05, 0.1) is 0 Å². The van der Waals surface area contributed by atoms with Crippen LogP contribution in [0.2, 0.25) is 0 Å². The van der Waals surface area contributed by atoms with Gasteiger partial charge in [0.2, 0.25) is 0 Å². The van der Waals surface area contributed by atoms with Gasteiger partial charge in [-0.2, -0.15) is 8.78 Å². The van der Waals surface area contributed by atoms with E-state index in [9.17, 15) is 8.78 Å². The van der Waals surface area contributed by atoms with Crippen LogP contribution in [0.4, 0.5) is 8.78 Å². The number of pyridine rings is 1. The van der Waals surface area contributed by atoms with Crippen molar-refractivity contribution in [2.45, 2.75) is 38.6 Å². The number of fused-ring (bicyclic) bond motifs is 4. The van der Waals surface area contributed by atoms with Gasteiger partial charge < -0.3 is 4.74 Å². The van der Waals surface area contributed by atoms with E-state index in [2.05, 4.69) is 25.6 Å². The molecule has 144 valence electrons. The maximum Gasteiger partial charge on any atom is 0.387 e. The van der Waals surface area contributed by atoms with E-state index in [1.54, 1.807) is 12.1 Å². The van der Waals surface area contributed by atoms with Crippen molar-refractivity contribution in [1.82, 2.24) is 14.8 Å². The lowest BCUT2D eigenvalue weighted by atomic mass is 9.94. The lowest BCUT2D eigenvalue weighted by Crippen LogP contribution is -2.43. The molecule has 3 saturated heterocycles. The standard InChI is InChI=1S/C21H25F2N3O/c22-21(23)27-20-7-4-16(5-8-20)13-26-14-18-3-6-19(26)15-25(12-18)11-17-2-1-9-24-10-17/h1-2,4-5,7-10,18-19,21H,3,6,11-15H2. The Morgan fingerprint density at radius 1 is 1.00 bits per heavy atom. The van der Waals surface area contributed by atoms with Crippen LogP contribution in [0.25, 0.3) is 0 Å². The third-order valence-electron chi connectivity index (χ3n) is 5.57. The quantitative estimate of drug-likeness (QED) is 0.771. The molecule has 0 amide bonds. The second kappa shape index (κ2) is 8.31. The molecule has 2 unspecified atom stereocenters. The molecular formula is C21H25F2N3O. The Morgan fingerprint density at radius 3 is 2.59 bits per heavy atom. The lowest BCUT2D eigenvalue weighted by molar-refractivity contribution is -0.0498. The number of aromatic nitrogens is 1. The molecule has 0 aliphatic carbocycles. The molecule has 2 bridgehead atoms. The average Bonchev–Trinajstić information content (AvgIpc) is 2.94. The number of hydrogen-bond donors (Lipinski definition) is 0. The maximum atomic E-state index is 12.3. The normalized spacial score (nSPS) is 23.5. The van der Waals surface area contributed by atoms with E-state index in [1.807, 2.05) is 30.6 Å². The number of nitrogens with zero attached hydrogens (tertiary/aromatic N) is 3. The van der Waals surface area contributed by atoms with Crippen LogP contribution in [-0.4, -0.2) is 47.1 Å². The molecule has 3 fully saturated rings. The zero-order chi connectivity index (χ0) is 18.6. The van der Waals surface area contributed by atoms with Crippen LogP contribution in [0.15, 0.2) is 48.8 Å². The van der Waals surface area contributed by atoms with E-state index < -0.39 is 6.61 Å². The van der Waals surface area contributed by atoms with Gasteiger partial charge in [-0.25, -0.2) is 0 Å². The van der Waals surface area contributed by atoms with Crippen molar-refractivity contribution >= 4 is 0 Å². The Morgan fingerprint density at radius 2 is 1.85 bits per heavy atom. The summed E-state index contributed by atoms with van der Waals surface area (Å²) in [4.78, 5) is 9.34. The predicted octanol–water partition coefficient (Wildman–Crippen LogP) is 3.78. The maximum absolute atomic E-state index is 12.3. The minimum Gasteiger partial charge on any atom is -0.435 e. The monoisotopic (exact) mass is 373 g/mol. The Kier molecular flexibility index (Phi) is 5.64. The van der Waals surface area contributed by atoms with Gasteiger partial charge in [-0.05, 0) is 48.1 Å². The van der Waals surface area contributed by atoms with E-state index in [0.717, 1.165) is 38.3 Å². The lowest BCUT2D eigenvalue weighted by Gasteiger charge is -2.36. The molecule has 0 N–H and O–H groups in total. The number of halogens is 2. The van der Waals surface area contributed by atoms with Crippen molar-refractivity contribution < 1.29 is 13.5 Å². The summed E-state index contributed by atoms with van der Waals surface area (Å²) in [7, 11) is 0. The fourth-order valence-corrected chi connectivity index (χ4v) is 4.36. The van der Waals surface area contributed by atoms with E-state index in [1.165, 1.54) is 18.4 Å². The van der Waals surface area contributed by atoms with Gasteiger partial charge in [0.15, 0.2) is 0 Å². The van der Waals surface area contributed by atoms with Crippen molar-refractivity contribution in [2.75, 3.05) is 19.6 Å². The van der Waals surface area contributed by atoms with Crippen LogP contribution >= 0.6 is 0 Å². The summed E-state index contributed by atoms with van der Waals surface area (Å²) in [6, 6.07) is 11.7. The highest BCUT2D eigenvalue weighted by atomic mass is 19.3. The van der Waals surface area contributed by atoms with Crippen molar-refractivity contribution in [3.05, 3.63) is 59.9 Å². The van der Waals surface area contributed by atoms with Gasteiger partial charge in [-0.15, -0.1) is 0 Å². The fraction of sp³-hybridized carbons (Fsp3) is 0.476. The van der Waals surface area contributed by atoms with Crippen LogP contribution in [-0.2, 0) is 13.1 Å². The molecule has 3 aliphatic heterocycles. The number of ether oxygens (including phenoxy) is 1. The van der Waals surface area contributed by atoms with Gasteiger partial charge in [-0.1, -0.05) is 18.2 Å². The van der Waals surface area contributed by atoms with Crippen LogP contribution in [0.3, 0.4) is 0 Å². The second-order valence-electron chi connectivity index (χ2n) is 7.60. The molecule has 6 heteroatoms. The SMILES string of the molecule is FC(F)Oc1ccc(CN2CC3CCC2CN(Cc2cccnc2)C3)cc1. The first-order chi connectivity index (χ1) is 13.2. The molecule has 2 aromatic rings. The summed E-state index contributed by atoms with van der Waals surface area (Å²) in [5.41, 5.74) is 2.41. The highest BCUT2D eigenvalue weighted by Crippen LogP contribution is 2.30. The molecule has 0 spiro atoms. The molecule has 1 aromatic carbocycles. The van der Waals surface area contributed by atoms with Crippen molar-refractivity contribution in [1.29, 1.82) is 0 Å². The first-order valence-corrected chi connectivity index (χ1v) is 9.55. The summed E-state index contributed by atoms with van der Waals surface area (Å²) >= 11 is 0. The van der Waals surface area contributed by atoms with Gasteiger partial charge in [0.25, 0.3) is 0 Å². The van der Waals surface area contributed by atoms with Crippen LogP contribution in [0.1, 0.15) is 24.0 Å². The first-order valence-electron chi connectivity index (χ1n) is 9.55. The molecule has 4 nitrogen and oxygen atoms in total. The highest BCUT2D eigenvalue weighted by Gasteiger charge is 2.34. The average molecular weight is 373 g/mol. The van der Waals surface area contributed by atoms with Crippen LogP contribution < -0.4 is 4.74 Å². The minimum absolute atomic E-state index is 0.216. The zero-order valence-electron chi connectivity index (χ0n) is 15.3. The molecule has 2 atom stereocenters. The number of piperidine rings is 1. The van der Waals surface area contributed by atoms with E-state index in [0.29, 0.717) is 12.0 Å². The Hall–Kier alpha value is -2.05. The second-order valence-corrected chi connectivity index (χ2v) is 7.60. The highest BCUT2D eigenvalue weighted by molar-refractivity contribution is 5.27. The van der Waals surface area contributed by atoms with E-state index in [4.69, 9.17) is 0 Å². The fourth-order valence-electron chi connectivity index (χ4n) is 4.36. The summed E-state index contributed by atoms with van der Waals surface area (Å²) in [5.74, 6) is 0.899. The van der Waals surface area contributed by atoms with E-state index >= 15 is 0 Å². The van der Waals surface area contributed by atoms with Gasteiger partial charge in [0.1, 0.15) is 5.75 Å². The van der Waals surface area contributed by atoms with Gasteiger partial charge in [-0.3, -0.25) is 14.8 Å². The first kappa shape index (κ1) is 18.3. The summed E-state index contributed by atoms with van der Waals surface area (Å²) in [5, 5.41) is 0. The van der Waals surface area contributed by atoms with Crippen molar-refractivity contribution in [3.63, 3.8) is 0 Å². The molecule has 0 radical (unpaired) electrons. The third kappa shape index (κ3) is 4.82. The topological polar surface area (TPSA) is 28.6 Å². The van der Waals surface area contributed by atoms with Gasteiger partial charge >= 0.3 is 6.61 Å². The van der Waals surface area contributed by atoms with Crippen LogP contribution in [0, 0.1) is 5.92 Å². The summed E-state index contributed by atoms with van der Waals surface area (Å²) < 4.78 is 29.0. The van der Waals surface area contributed by atoms with Crippen molar-refractivity contribution in [2.24, 2.45) is 5.92 Å². The Bertz CT molecular complexity index is 726. The smallest absolute Gasteiger partial charge is 0.387 e. The van der Waals surface area contributed by atoms with Crippen LogP contribution in [0.5, 0.6) is 5.75 Å². The minimum atomic E-state index is -2.78. The van der Waals surface area contributed by atoms with Crippen molar-refractivity contribution in [3.8, 4) is 5.75 Å². The molecule has 4 heterocycles. The Labute approximate surface area is 158 Å². The molecule has 3 aliphatic rings. The molecule has 5 rings (SSSR count). The Balaban J connectivity index is 1.39. The molecule has 27 heavy (non-hydrogen) atoms. The number of hydrogen-bond acceptors (Lipinski definition) is 4. The van der Waals surface area contributed by atoms with E-state index in [-0.39, 0.29) is 5.75 Å². The molecular weight excluding hydrogens is 348 g/mol. The third-order valence-corrected chi connectivity index (χ3v) is 5.57. The molecule has 0 saturated carbocycles. The molecule has 1 aromatic heterocycles. The zero-order valence-corrected chi connectivity index (χ0v) is 15.3. The summed E-state index contributed by atoms with van der Waals surface area (Å²) in [6.45, 7) is 2.33. The summed E-state index contributed by atoms with van der Waals surface area (Å²) in [6.07, 6.45) is 6.27. The number of benzene rings is 1. The number of rotatable bonds is 6. The number of alkyl halides is 2. The predicted molar refractivity (Wildman–Crippen MR) is 99.5 cm³/mol. The van der Waals surface area contributed by atoms with Gasteiger partial charge in [0, 0.05) is 51.2 Å². The largest absolute Gasteiger partial charge is 0.435 e.